The highest BCUT2D eigenvalue weighted by molar-refractivity contribution is 5.74. The lowest BCUT2D eigenvalue weighted by molar-refractivity contribution is 0.227. The van der Waals surface area contributed by atoms with Gasteiger partial charge in [0, 0.05) is 12.6 Å². The van der Waals surface area contributed by atoms with Crippen LogP contribution >= 0.6 is 0 Å². The number of phenols is 1. The molecule has 1 aliphatic carbocycles. The molecule has 2 aromatic carbocycles. The number of amides is 2. The summed E-state index contributed by atoms with van der Waals surface area (Å²) in [7, 11) is 4.03. The van der Waals surface area contributed by atoms with E-state index in [4.69, 9.17) is 0 Å². The number of urea groups is 1. The van der Waals surface area contributed by atoms with E-state index in [9.17, 15) is 9.90 Å². The molecule has 5 nitrogen and oxygen atoms in total. The van der Waals surface area contributed by atoms with Crippen LogP contribution in [0.2, 0.25) is 0 Å². The van der Waals surface area contributed by atoms with Gasteiger partial charge < -0.3 is 20.6 Å². The molecule has 0 aromatic heterocycles. The van der Waals surface area contributed by atoms with Crippen LogP contribution in [0.3, 0.4) is 0 Å². The van der Waals surface area contributed by atoms with Crippen LogP contribution in [0.5, 0.6) is 5.75 Å². The van der Waals surface area contributed by atoms with Crippen molar-refractivity contribution >= 4 is 6.03 Å². The molecular formula is C22H29N3O2. The number of hydrogen-bond donors (Lipinski definition) is 3. The summed E-state index contributed by atoms with van der Waals surface area (Å²) in [6.45, 7) is 0.561. The van der Waals surface area contributed by atoms with E-state index in [1.54, 1.807) is 12.1 Å². The lowest BCUT2D eigenvalue weighted by Crippen LogP contribution is -2.46. The van der Waals surface area contributed by atoms with Gasteiger partial charge in [-0.25, -0.2) is 4.79 Å². The molecule has 5 heteroatoms. The molecule has 0 saturated heterocycles. The van der Waals surface area contributed by atoms with Gasteiger partial charge in [0.2, 0.25) is 0 Å². The minimum Gasteiger partial charge on any atom is -0.508 e. The van der Waals surface area contributed by atoms with Gasteiger partial charge in [0.15, 0.2) is 0 Å². The lowest BCUT2D eigenvalue weighted by Gasteiger charge is -2.26. The molecule has 144 valence electrons. The van der Waals surface area contributed by atoms with Crippen LogP contribution in [0.4, 0.5) is 4.79 Å². The van der Waals surface area contributed by atoms with Crippen LogP contribution < -0.4 is 10.6 Å². The zero-order valence-electron chi connectivity index (χ0n) is 16.1. The summed E-state index contributed by atoms with van der Waals surface area (Å²) >= 11 is 0. The summed E-state index contributed by atoms with van der Waals surface area (Å²) in [4.78, 5) is 14.6. The summed E-state index contributed by atoms with van der Waals surface area (Å²) in [6, 6.07) is 17.6. The molecule has 27 heavy (non-hydrogen) atoms. The third kappa shape index (κ3) is 5.73. The molecule has 2 amide bonds. The topological polar surface area (TPSA) is 64.6 Å². The first-order valence-electron chi connectivity index (χ1n) is 9.56. The van der Waals surface area contributed by atoms with Gasteiger partial charge in [0.25, 0.3) is 0 Å². The number of nitrogens with zero attached hydrogens (tertiary/aromatic N) is 1. The average Bonchev–Trinajstić information content (AvgIpc) is 3.50. The van der Waals surface area contributed by atoms with Crippen molar-refractivity contribution in [3.63, 3.8) is 0 Å². The molecule has 2 atom stereocenters. The molecule has 0 radical (unpaired) electrons. The van der Waals surface area contributed by atoms with Gasteiger partial charge in [-0.2, -0.15) is 0 Å². The van der Waals surface area contributed by atoms with Crippen LogP contribution in [-0.2, 0) is 6.42 Å². The van der Waals surface area contributed by atoms with E-state index in [1.165, 1.54) is 18.4 Å². The van der Waals surface area contributed by atoms with E-state index in [2.05, 4.69) is 27.7 Å². The highest BCUT2D eigenvalue weighted by Gasteiger charge is 2.33. The van der Waals surface area contributed by atoms with Crippen LogP contribution in [0.15, 0.2) is 54.6 Å². The van der Waals surface area contributed by atoms with E-state index >= 15 is 0 Å². The number of phenolic OH excluding ortho intramolecular Hbond substituents is 1. The van der Waals surface area contributed by atoms with Crippen LogP contribution in [-0.4, -0.2) is 42.7 Å². The summed E-state index contributed by atoms with van der Waals surface area (Å²) in [5, 5.41) is 15.6. The zero-order chi connectivity index (χ0) is 19.2. The third-order valence-corrected chi connectivity index (χ3v) is 5.17. The number of carbonyl (C=O) groups excluding carboxylic acids is 1. The Morgan fingerprint density at radius 1 is 1.11 bits per heavy atom. The SMILES string of the molecule is CN(C)[C@@H](CNC(=O)N[C@@H](c1ccccc1)C1CC1)Cc1ccc(O)cc1. The normalized spacial score (nSPS) is 16.0. The minimum absolute atomic E-state index is 0.0844. The number of aromatic hydroxyl groups is 1. The predicted octanol–water partition coefficient (Wildman–Crippen LogP) is 3.32. The fourth-order valence-corrected chi connectivity index (χ4v) is 3.31. The van der Waals surface area contributed by atoms with Gasteiger partial charge >= 0.3 is 6.03 Å². The Hall–Kier alpha value is -2.53. The van der Waals surface area contributed by atoms with Crippen LogP contribution in [0, 0.1) is 5.92 Å². The van der Waals surface area contributed by atoms with Crippen molar-refractivity contribution in [3.8, 4) is 5.75 Å². The maximum atomic E-state index is 12.5. The van der Waals surface area contributed by atoms with Crippen molar-refractivity contribution in [2.75, 3.05) is 20.6 Å². The Bertz CT molecular complexity index is 727. The quantitative estimate of drug-likeness (QED) is 0.671. The second-order valence-electron chi connectivity index (χ2n) is 7.57. The van der Waals surface area contributed by atoms with Crippen LogP contribution in [0.1, 0.15) is 30.0 Å². The van der Waals surface area contributed by atoms with E-state index in [0.29, 0.717) is 12.5 Å². The molecule has 1 saturated carbocycles. The zero-order valence-corrected chi connectivity index (χ0v) is 16.1. The summed E-state index contributed by atoms with van der Waals surface area (Å²) in [6.07, 6.45) is 3.14. The molecule has 0 bridgehead atoms. The largest absolute Gasteiger partial charge is 0.508 e. The smallest absolute Gasteiger partial charge is 0.315 e. The highest BCUT2D eigenvalue weighted by Crippen LogP contribution is 2.40. The number of carbonyl (C=O) groups is 1. The lowest BCUT2D eigenvalue weighted by atomic mass is 10.0. The standard InChI is InChI=1S/C22H29N3O2/c1-25(2)19(14-16-8-12-20(26)13-9-16)15-23-22(27)24-21(18-10-11-18)17-6-4-3-5-7-17/h3-9,12-13,18-19,21,26H,10-11,14-15H2,1-2H3,(H2,23,24,27)/t19-,21+/m1/s1. The van der Waals surface area contributed by atoms with E-state index < -0.39 is 0 Å². The molecule has 0 spiro atoms. The monoisotopic (exact) mass is 367 g/mol. The molecule has 0 aliphatic heterocycles. The average molecular weight is 367 g/mol. The highest BCUT2D eigenvalue weighted by atomic mass is 16.3. The van der Waals surface area contributed by atoms with Gasteiger partial charge in [0.05, 0.1) is 6.04 Å². The number of likely N-dealkylation sites (N-methyl/N-ethyl adjacent to an activating group) is 1. The Morgan fingerprint density at radius 3 is 2.37 bits per heavy atom. The van der Waals surface area contributed by atoms with Crippen molar-refractivity contribution in [1.82, 2.24) is 15.5 Å². The Morgan fingerprint density at radius 2 is 1.78 bits per heavy atom. The molecule has 3 rings (SSSR count). The number of rotatable bonds is 8. The molecular weight excluding hydrogens is 338 g/mol. The van der Waals surface area contributed by atoms with Gasteiger partial charge in [-0.05, 0) is 62.5 Å². The van der Waals surface area contributed by atoms with Gasteiger partial charge in [0.1, 0.15) is 5.75 Å². The van der Waals surface area contributed by atoms with Crippen molar-refractivity contribution < 1.29 is 9.90 Å². The number of benzene rings is 2. The molecule has 0 heterocycles. The first kappa shape index (κ1) is 19.2. The van der Waals surface area contributed by atoms with Crippen molar-refractivity contribution in [3.05, 3.63) is 65.7 Å². The fourth-order valence-electron chi connectivity index (χ4n) is 3.31. The Kier molecular flexibility index (Phi) is 6.35. The summed E-state index contributed by atoms with van der Waals surface area (Å²) in [5.74, 6) is 0.810. The molecule has 3 N–H and O–H groups in total. The van der Waals surface area contributed by atoms with E-state index in [-0.39, 0.29) is 23.9 Å². The predicted molar refractivity (Wildman–Crippen MR) is 108 cm³/mol. The fraction of sp³-hybridized carbons (Fsp3) is 0.409. The third-order valence-electron chi connectivity index (χ3n) is 5.17. The Balaban J connectivity index is 1.54. The molecule has 1 fully saturated rings. The Labute approximate surface area is 161 Å². The van der Waals surface area contributed by atoms with Crippen molar-refractivity contribution in [1.29, 1.82) is 0 Å². The second-order valence-corrected chi connectivity index (χ2v) is 7.57. The van der Waals surface area contributed by atoms with Gasteiger partial charge in [-0.15, -0.1) is 0 Å². The minimum atomic E-state index is -0.117. The molecule has 0 unspecified atom stereocenters. The summed E-state index contributed by atoms with van der Waals surface area (Å²) < 4.78 is 0. The van der Waals surface area contributed by atoms with Gasteiger partial charge in [-0.3, -0.25) is 0 Å². The van der Waals surface area contributed by atoms with Crippen molar-refractivity contribution in [2.45, 2.75) is 31.3 Å². The van der Waals surface area contributed by atoms with Gasteiger partial charge in [-0.1, -0.05) is 42.5 Å². The maximum absolute atomic E-state index is 12.5. The number of nitrogens with one attached hydrogen (secondary N) is 2. The second kappa shape index (κ2) is 8.91. The van der Waals surface area contributed by atoms with Crippen LogP contribution in [0.25, 0.3) is 0 Å². The first-order valence-corrected chi connectivity index (χ1v) is 9.56. The van der Waals surface area contributed by atoms with E-state index in [1.807, 2.05) is 44.4 Å². The van der Waals surface area contributed by atoms with E-state index in [0.717, 1.165) is 12.0 Å². The number of hydrogen-bond acceptors (Lipinski definition) is 3. The summed E-state index contributed by atoms with van der Waals surface area (Å²) in [5.41, 5.74) is 2.30. The first-order chi connectivity index (χ1) is 13.0. The molecule has 1 aliphatic rings. The molecule has 2 aromatic rings. The maximum Gasteiger partial charge on any atom is 0.315 e. The van der Waals surface area contributed by atoms with Crippen molar-refractivity contribution in [2.24, 2.45) is 5.92 Å².